The molecule has 0 spiro atoms. The van der Waals surface area contributed by atoms with E-state index >= 15 is 0 Å². The van der Waals surface area contributed by atoms with Crippen LogP contribution in [0.5, 0.6) is 0 Å². The van der Waals surface area contributed by atoms with Crippen molar-refractivity contribution in [3.63, 3.8) is 0 Å². The van der Waals surface area contributed by atoms with Crippen molar-refractivity contribution in [2.75, 3.05) is 25.1 Å². The monoisotopic (exact) mass is 289 g/mol. The molecule has 0 N–H and O–H groups in total. The molecule has 1 aromatic heterocycles. The Labute approximate surface area is 117 Å². The number of hydrogen-bond acceptors (Lipinski definition) is 4. The van der Waals surface area contributed by atoms with E-state index in [0.29, 0.717) is 11.0 Å². The fraction of sp³-hybridized carbons (Fsp3) is 0.667. The predicted molar refractivity (Wildman–Crippen MR) is 73.5 cm³/mol. The van der Waals surface area contributed by atoms with E-state index < -0.39 is 0 Å². The molecular formula is C12H17Cl2N3O. The lowest BCUT2D eigenvalue weighted by Crippen LogP contribution is -2.34. The van der Waals surface area contributed by atoms with Gasteiger partial charge < -0.3 is 9.64 Å². The Morgan fingerprint density at radius 1 is 1.44 bits per heavy atom. The summed E-state index contributed by atoms with van der Waals surface area (Å²) < 4.78 is 5.72. The number of rotatable bonds is 4. The van der Waals surface area contributed by atoms with Gasteiger partial charge in [0.25, 0.3) is 0 Å². The van der Waals surface area contributed by atoms with E-state index in [4.69, 9.17) is 27.9 Å². The van der Waals surface area contributed by atoms with Crippen molar-refractivity contribution in [1.82, 2.24) is 9.97 Å². The topological polar surface area (TPSA) is 38.2 Å². The maximum Gasteiger partial charge on any atom is 0.138 e. The normalized spacial score (nSPS) is 19.8. The molecule has 1 aliphatic heterocycles. The van der Waals surface area contributed by atoms with Crippen LogP contribution in [0.3, 0.4) is 0 Å². The minimum Gasteiger partial charge on any atom is -0.376 e. The molecule has 0 aromatic carbocycles. The van der Waals surface area contributed by atoms with Crippen LogP contribution >= 0.6 is 23.2 Å². The van der Waals surface area contributed by atoms with Crippen molar-refractivity contribution in [3.05, 3.63) is 17.0 Å². The average Bonchev–Trinajstić information content (AvgIpc) is 2.39. The first-order chi connectivity index (χ1) is 8.72. The van der Waals surface area contributed by atoms with E-state index in [1.165, 1.54) is 12.7 Å². The fourth-order valence-electron chi connectivity index (χ4n) is 2.17. The fourth-order valence-corrected chi connectivity index (χ4v) is 2.68. The molecule has 18 heavy (non-hydrogen) atoms. The number of aromatic nitrogens is 2. The molecule has 2 rings (SSSR count). The van der Waals surface area contributed by atoms with Crippen LogP contribution in [0.1, 0.15) is 24.8 Å². The molecule has 0 amide bonds. The third-order valence-corrected chi connectivity index (χ3v) is 3.71. The molecule has 1 saturated heterocycles. The summed E-state index contributed by atoms with van der Waals surface area (Å²) in [6.07, 6.45) is 5.21. The maximum atomic E-state index is 6.02. The number of anilines is 1. The summed E-state index contributed by atoms with van der Waals surface area (Å²) in [5.74, 6) is 1.10. The number of likely N-dealkylation sites (N-methyl/N-ethyl adjacent to an activating group) is 1. The van der Waals surface area contributed by atoms with Gasteiger partial charge in [0.05, 0.1) is 12.0 Å². The number of halogens is 2. The first-order valence-corrected chi connectivity index (χ1v) is 7.01. The standard InChI is InChI=1S/C12H17Cl2N3O/c1-17(7-9-4-2-3-5-18-9)12-10(6-13)11(14)15-8-16-12/h8-9H,2-7H2,1H3. The van der Waals surface area contributed by atoms with Gasteiger partial charge in [-0.3, -0.25) is 0 Å². The van der Waals surface area contributed by atoms with Gasteiger partial charge in [-0.25, -0.2) is 9.97 Å². The molecule has 100 valence electrons. The SMILES string of the molecule is CN(CC1CCCCO1)c1ncnc(Cl)c1CCl. The Morgan fingerprint density at radius 3 is 2.94 bits per heavy atom. The lowest BCUT2D eigenvalue weighted by molar-refractivity contribution is 0.0215. The van der Waals surface area contributed by atoms with E-state index in [0.717, 1.165) is 37.4 Å². The second-order valence-electron chi connectivity index (χ2n) is 4.47. The Morgan fingerprint density at radius 2 is 2.28 bits per heavy atom. The van der Waals surface area contributed by atoms with Crippen molar-refractivity contribution in [1.29, 1.82) is 0 Å². The molecule has 0 aliphatic carbocycles. The van der Waals surface area contributed by atoms with Crippen molar-refractivity contribution in [3.8, 4) is 0 Å². The van der Waals surface area contributed by atoms with Crippen molar-refractivity contribution < 1.29 is 4.74 Å². The molecular weight excluding hydrogens is 273 g/mol. The zero-order chi connectivity index (χ0) is 13.0. The van der Waals surface area contributed by atoms with Gasteiger partial charge in [-0.15, -0.1) is 11.6 Å². The molecule has 2 heterocycles. The number of hydrogen-bond donors (Lipinski definition) is 0. The molecule has 0 radical (unpaired) electrons. The number of ether oxygens (including phenoxy) is 1. The van der Waals surface area contributed by atoms with Crippen LogP contribution in [0.2, 0.25) is 5.15 Å². The quantitative estimate of drug-likeness (QED) is 0.631. The van der Waals surface area contributed by atoms with E-state index in [1.807, 2.05) is 11.9 Å². The van der Waals surface area contributed by atoms with Gasteiger partial charge in [0.15, 0.2) is 0 Å². The van der Waals surface area contributed by atoms with Gasteiger partial charge in [0, 0.05) is 25.8 Å². The Bertz CT molecular complexity index is 397. The molecule has 1 aromatic rings. The smallest absolute Gasteiger partial charge is 0.138 e. The van der Waals surface area contributed by atoms with Gasteiger partial charge in [-0.05, 0) is 19.3 Å². The van der Waals surface area contributed by atoms with Gasteiger partial charge in [-0.2, -0.15) is 0 Å². The summed E-state index contributed by atoms with van der Waals surface area (Å²) >= 11 is 11.9. The van der Waals surface area contributed by atoms with Crippen LogP contribution in [0, 0.1) is 0 Å². The second-order valence-corrected chi connectivity index (χ2v) is 5.09. The summed E-state index contributed by atoms with van der Waals surface area (Å²) in [4.78, 5) is 10.3. The zero-order valence-corrected chi connectivity index (χ0v) is 11.9. The number of alkyl halides is 1. The largest absolute Gasteiger partial charge is 0.376 e. The van der Waals surface area contributed by atoms with Crippen LogP contribution in [0.4, 0.5) is 5.82 Å². The van der Waals surface area contributed by atoms with Crippen LogP contribution in [-0.4, -0.2) is 36.3 Å². The Hall–Kier alpha value is -0.580. The molecule has 4 nitrogen and oxygen atoms in total. The van der Waals surface area contributed by atoms with Crippen LogP contribution < -0.4 is 4.90 Å². The summed E-state index contributed by atoms with van der Waals surface area (Å²) in [6.45, 7) is 1.66. The Balaban J connectivity index is 2.07. The zero-order valence-electron chi connectivity index (χ0n) is 10.4. The van der Waals surface area contributed by atoms with Gasteiger partial charge in [-0.1, -0.05) is 11.6 Å². The van der Waals surface area contributed by atoms with E-state index in [1.54, 1.807) is 0 Å². The lowest BCUT2D eigenvalue weighted by Gasteiger charge is -2.28. The minimum absolute atomic E-state index is 0.265. The maximum absolute atomic E-state index is 6.02. The van der Waals surface area contributed by atoms with Crippen LogP contribution in [0.15, 0.2) is 6.33 Å². The molecule has 1 unspecified atom stereocenters. The highest BCUT2D eigenvalue weighted by atomic mass is 35.5. The molecule has 0 saturated carbocycles. The summed E-state index contributed by atoms with van der Waals surface area (Å²) in [5.41, 5.74) is 0.777. The van der Waals surface area contributed by atoms with Gasteiger partial charge in [0.1, 0.15) is 17.3 Å². The molecule has 1 aliphatic rings. The lowest BCUT2D eigenvalue weighted by atomic mass is 10.1. The van der Waals surface area contributed by atoms with E-state index in [2.05, 4.69) is 9.97 Å². The first kappa shape index (κ1) is 13.8. The van der Waals surface area contributed by atoms with Crippen molar-refractivity contribution >= 4 is 29.0 Å². The van der Waals surface area contributed by atoms with E-state index in [9.17, 15) is 0 Å². The third-order valence-electron chi connectivity index (χ3n) is 3.12. The highest BCUT2D eigenvalue weighted by molar-refractivity contribution is 6.31. The summed E-state index contributed by atoms with van der Waals surface area (Å²) in [7, 11) is 1.98. The first-order valence-electron chi connectivity index (χ1n) is 6.10. The molecule has 6 heteroatoms. The number of nitrogens with zero attached hydrogens (tertiary/aromatic N) is 3. The highest BCUT2D eigenvalue weighted by Crippen LogP contribution is 2.25. The average molecular weight is 290 g/mol. The summed E-state index contributed by atoms with van der Waals surface area (Å²) in [6, 6.07) is 0. The molecule has 1 atom stereocenters. The second kappa shape index (κ2) is 6.55. The van der Waals surface area contributed by atoms with Crippen LogP contribution in [0.25, 0.3) is 0 Å². The van der Waals surface area contributed by atoms with Gasteiger partial charge >= 0.3 is 0 Å². The highest BCUT2D eigenvalue weighted by Gasteiger charge is 2.19. The van der Waals surface area contributed by atoms with Gasteiger partial charge in [0.2, 0.25) is 0 Å². The summed E-state index contributed by atoms with van der Waals surface area (Å²) in [5, 5.41) is 0.423. The van der Waals surface area contributed by atoms with Crippen molar-refractivity contribution in [2.24, 2.45) is 0 Å². The van der Waals surface area contributed by atoms with E-state index in [-0.39, 0.29) is 6.10 Å². The predicted octanol–water partition coefficient (Wildman–Crippen LogP) is 2.87. The van der Waals surface area contributed by atoms with Crippen LogP contribution in [-0.2, 0) is 10.6 Å². The Kier molecular flexibility index (Phi) is 5.03. The van der Waals surface area contributed by atoms with Crippen molar-refractivity contribution in [2.45, 2.75) is 31.2 Å². The minimum atomic E-state index is 0.265. The molecule has 0 bridgehead atoms. The third kappa shape index (κ3) is 3.25. The molecule has 1 fully saturated rings.